The Morgan fingerprint density at radius 1 is 1.29 bits per heavy atom. The van der Waals surface area contributed by atoms with Crippen molar-refractivity contribution < 1.29 is 18.6 Å². The smallest absolute Gasteiger partial charge is 0.190 e. The lowest BCUT2D eigenvalue weighted by Crippen LogP contribution is -2.00. The Bertz CT molecular complexity index is 290. The molecule has 0 aliphatic heterocycles. The lowest BCUT2D eigenvalue weighted by atomic mass is 10.3. The third-order valence-corrected chi connectivity index (χ3v) is 1.73. The average Bonchev–Trinajstić information content (AvgIpc) is 2.09. The highest BCUT2D eigenvalue weighted by molar-refractivity contribution is 5.33. The van der Waals surface area contributed by atoms with Crippen LogP contribution in [0.2, 0.25) is 0 Å². The van der Waals surface area contributed by atoms with E-state index >= 15 is 0 Å². The number of ether oxygens (including phenoxy) is 1. The molecule has 14 heavy (non-hydrogen) atoms. The van der Waals surface area contributed by atoms with Gasteiger partial charge in [-0.05, 0) is 6.42 Å². The number of halogens is 2. The summed E-state index contributed by atoms with van der Waals surface area (Å²) in [6.07, 6.45) is 1.63. The number of aromatic hydroxyl groups is 1. The first-order valence-corrected chi connectivity index (χ1v) is 4.46. The minimum absolute atomic E-state index is 0.273. The van der Waals surface area contributed by atoms with E-state index in [2.05, 4.69) is 0 Å². The molecule has 0 saturated heterocycles. The summed E-state index contributed by atoms with van der Waals surface area (Å²) < 4.78 is 30.9. The Morgan fingerprint density at radius 2 is 1.86 bits per heavy atom. The first kappa shape index (κ1) is 10.8. The quantitative estimate of drug-likeness (QED) is 0.761. The predicted molar refractivity (Wildman–Crippen MR) is 48.4 cm³/mol. The van der Waals surface area contributed by atoms with Gasteiger partial charge in [-0.2, -0.15) is 0 Å². The van der Waals surface area contributed by atoms with Gasteiger partial charge < -0.3 is 9.84 Å². The van der Waals surface area contributed by atoms with Gasteiger partial charge in [0.15, 0.2) is 17.4 Å². The van der Waals surface area contributed by atoms with Crippen LogP contribution in [0.15, 0.2) is 12.1 Å². The molecule has 0 bridgehead atoms. The summed E-state index contributed by atoms with van der Waals surface area (Å²) >= 11 is 0. The van der Waals surface area contributed by atoms with Crippen LogP contribution in [0, 0.1) is 11.6 Å². The van der Waals surface area contributed by atoms with E-state index in [1.807, 2.05) is 6.92 Å². The summed E-state index contributed by atoms with van der Waals surface area (Å²) in [5, 5.41) is 8.85. The van der Waals surface area contributed by atoms with Gasteiger partial charge in [0, 0.05) is 12.1 Å². The highest BCUT2D eigenvalue weighted by Gasteiger charge is 2.11. The van der Waals surface area contributed by atoms with Crippen LogP contribution in [-0.4, -0.2) is 11.7 Å². The van der Waals surface area contributed by atoms with Gasteiger partial charge in [0.25, 0.3) is 0 Å². The van der Waals surface area contributed by atoms with Crippen molar-refractivity contribution in [3.63, 3.8) is 0 Å². The Hall–Kier alpha value is -1.32. The van der Waals surface area contributed by atoms with Crippen LogP contribution in [0.1, 0.15) is 19.8 Å². The maximum absolute atomic E-state index is 13.0. The number of phenols is 1. The van der Waals surface area contributed by atoms with Crippen molar-refractivity contribution in [2.75, 3.05) is 6.61 Å². The van der Waals surface area contributed by atoms with Gasteiger partial charge in [0.1, 0.15) is 5.75 Å². The zero-order valence-electron chi connectivity index (χ0n) is 7.89. The van der Waals surface area contributed by atoms with Crippen LogP contribution < -0.4 is 4.74 Å². The summed E-state index contributed by atoms with van der Waals surface area (Å²) in [5.74, 6) is -2.61. The van der Waals surface area contributed by atoms with Crippen molar-refractivity contribution >= 4 is 0 Å². The minimum atomic E-state index is -0.876. The van der Waals surface area contributed by atoms with E-state index in [0.29, 0.717) is 0 Å². The second-order valence-corrected chi connectivity index (χ2v) is 2.94. The first-order valence-electron chi connectivity index (χ1n) is 4.46. The van der Waals surface area contributed by atoms with Crippen LogP contribution in [0.3, 0.4) is 0 Å². The molecule has 0 aromatic heterocycles. The number of benzene rings is 1. The molecule has 0 spiro atoms. The van der Waals surface area contributed by atoms with Gasteiger partial charge >= 0.3 is 0 Å². The number of hydrogen-bond acceptors (Lipinski definition) is 2. The maximum Gasteiger partial charge on any atom is 0.190 e. The highest BCUT2D eigenvalue weighted by atomic mass is 19.1. The molecule has 1 aromatic rings. The molecule has 78 valence electrons. The van der Waals surface area contributed by atoms with Gasteiger partial charge in [-0.1, -0.05) is 13.3 Å². The molecule has 1 N–H and O–H groups in total. The summed E-state index contributed by atoms with van der Waals surface area (Å²) in [5.41, 5.74) is 0. The van der Waals surface area contributed by atoms with E-state index in [1.165, 1.54) is 0 Å². The molecule has 0 saturated carbocycles. The predicted octanol–water partition coefficient (Wildman–Crippen LogP) is 2.85. The SMILES string of the molecule is CCCCOc1c(F)cc(O)cc1F. The van der Waals surface area contributed by atoms with Crippen molar-refractivity contribution in [1.29, 1.82) is 0 Å². The van der Waals surface area contributed by atoms with Gasteiger partial charge in [0.05, 0.1) is 6.61 Å². The lowest BCUT2D eigenvalue weighted by Gasteiger charge is -2.07. The van der Waals surface area contributed by atoms with Gasteiger partial charge in [-0.15, -0.1) is 0 Å². The number of phenolic OH excluding ortho intramolecular Hbond substituents is 1. The van der Waals surface area contributed by atoms with Crippen LogP contribution in [0.4, 0.5) is 8.78 Å². The van der Waals surface area contributed by atoms with E-state index in [1.54, 1.807) is 0 Å². The van der Waals surface area contributed by atoms with Crippen LogP contribution >= 0.6 is 0 Å². The molecule has 0 aliphatic carbocycles. The standard InChI is InChI=1S/C10H12F2O2/c1-2-3-4-14-10-8(11)5-7(13)6-9(10)12/h5-6,13H,2-4H2,1H3. The normalized spacial score (nSPS) is 10.2. The molecule has 0 unspecified atom stereocenters. The number of hydrogen-bond donors (Lipinski definition) is 1. The number of rotatable bonds is 4. The van der Waals surface area contributed by atoms with Crippen molar-refractivity contribution in [1.82, 2.24) is 0 Å². The van der Waals surface area contributed by atoms with Crippen molar-refractivity contribution in [2.45, 2.75) is 19.8 Å². The largest absolute Gasteiger partial charge is 0.508 e. The molecule has 0 fully saturated rings. The fourth-order valence-electron chi connectivity index (χ4n) is 1.00. The molecule has 1 rings (SSSR count). The van der Waals surface area contributed by atoms with Crippen molar-refractivity contribution in [3.05, 3.63) is 23.8 Å². The molecule has 0 heterocycles. The Balaban J connectivity index is 2.75. The average molecular weight is 202 g/mol. The van der Waals surface area contributed by atoms with E-state index in [4.69, 9.17) is 9.84 Å². The topological polar surface area (TPSA) is 29.5 Å². The van der Waals surface area contributed by atoms with Gasteiger partial charge in [-0.3, -0.25) is 0 Å². The molecule has 4 heteroatoms. The molecule has 0 amide bonds. The van der Waals surface area contributed by atoms with Crippen molar-refractivity contribution in [2.24, 2.45) is 0 Å². The first-order chi connectivity index (χ1) is 6.65. The third kappa shape index (κ3) is 2.58. The zero-order chi connectivity index (χ0) is 10.6. The van der Waals surface area contributed by atoms with Crippen LogP contribution in [-0.2, 0) is 0 Å². The summed E-state index contributed by atoms with van der Waals surface area (Å²) in [6, 6.07) is 1.65. The van der Waals surface area contributed by atoms with E-state index in [9.17, 15) is 8.78 Å². The molecule has 1 aromatic carbocycles. The van der Waals surface area contributed by atoms with Crippen molar-refractivity contribution in [3.8, 4) is 11.5 Å². The summed E-state index contributed by atoms with van der Waals surface area (Å²) in [7, 11) is 0. The third-order valence-electron chi connectivity index (χ3n) is 1.73. The molecule has 0 aliphatic rings. The van der Waals surface area contributed by atoms with Crippen LogP contribution in [0.5, 0.6) is 11.5 Å². The Kier molecular flexibility index (Phi) is 3.68. The summed E-state index contributed by atoms with van der Waals surface area (Å²) in [4.78, 5) is 0. The molecule has 0 atom stereocenters. The monoisotopic (exact) mass is 202 g/mol. The summed E-state index contributed by atoms with van der Waals surface area (Å²) in [6.45, 7) is 2.22. The second kappa shape index (κ2) is 4.79. The lowest BCUT2D eigenvalue weighted by molar-refractivity contribution is 0.277. The fraction of sp³-hybridized carbons (Fsp3) is 0.400. The van der Waals surface area contributed by atoms with E-state index in [0.717, 1.165) is 25.0 Å². The molecule has 2 nitrogen and oxygen atoms in total. The fourth-order valence-corrected chi connectivity index (χ4v) is 1.00. The van der Waals surface area contributed by atoms with Crippen LogP contribution in [0.25, 0.3) is 0 Å². The zero-order valence-corrected chi connectivity index (χ0v) is 7.89. The Labute approximate surface area is 81.1 Å². The van der Waals surface area contributed by atoms with Gasteiger partial charge in [0.2, 0.25) is 0 Å². The minimum Gasteiger partial charge on any atom is -0.508 e. The van der Waals surface area contributed by atoms with E-state index < -0.39 is 23.1 Å². The molecular formula is C10H12F2O2. The second-order valence-electron chi connectivity index (χ2n) is 2.94. The molecular weight excluding hydrogens is 190 g/mol. The number of unbranched alkanes of at least 4 members (excludes halogenated alkanes) is 1. The maximum atomic E-state index is 13.0. The Morgan fingerprint density at radius 3 is 2.36 bits per heavy atom. The van der Waals surface area contributed by atoms with E-state index in [-0.39, 0.29) is 6.61 Å². The molecule has 0 radical (unpaired) electrons. The highest BCUT2D eigenvalue weighted by Crippen LogP contribution is 2.26. The van der Waals surface area contributed by atoms with Gasteiger partial charge in [-0.25, -0.2) is 8.78 Å².